The molecule has 2 rings (SSSR count). The molecule has 0 saturated carbocycles. The summed E-state index contributed by atoms with van der Waals surface area (Å²) in [5.74, 6) is 3.15. The van der Waals surface area contributed by atoms with Crippen molar-refractivity contribution in [3.05, 3.63) is 60.2 Å². The molecular formula is C16H18O3S2. The first-order valence-electron chi connectivity index (χ1n) is 6.61. The Morgan fingerprint density at radius 2 is 1.67 bits per heavy atom. The summed E-state index contributed by atoms with van der Waals surface area (Å²) in [7, 11) is -2.89. The molecule has 112 valence electrons. The standard InChI is InChI=1S/C16H18O3S2/c1-21(17,18)12-11-20-13-14-7-5-6-10-16(14)19-15-8-3-2-4-9-15/h2-10H,11-13H2,1H3. The third-order valence-electron chi connectivity index (χ3n) is 2.80. The number of sulfone groups is 1. The topological polar surface area (TPSA) is 43.4 Å². The summed E-state index contributed by atoms with van der Waals surface area (Å²) >= 11 is 1.60. The molecule has 21 heavy (non-hydrogen) atoms. The predicted molar refractivity (Wildman–Crippen MR) is 88.8 cm³/mol. The van der Waals surface area contributed by atoms with Gasteiger partial charge >= 0.3 is 0 Å². The molecule has 0 amide bonds. The highest BCUT2D eigenvalue weighted by atomic mass is 32.2. The molecule has 0 saturated heterocycles. The lowest BCUT2D eigenvalue weighted by Crippen LogP contribution is -2.05. The van der Waals surface area contributed by atoms with Gasteiger partial charge in [0.25, 0.3) is 0 Å². The Kier molecular flexibility index (Phi) is 5.70. The van der Waals surface area contributed by atoms with Crippen molar-refractivity contribution >= 4 is 21.6 Å². The van der Waals surface area contributed by atoms with Crippen LogP contribution in [-0.2, 0) is 15.6 Å². The van der Waals surface area contributed by atoms with Crippen molar-refractivity contribution in [2.75, 3.05) is 17.8 Å². The second-order valence-corrected chi connectivity index (χ2v) is 8.07. The van der Waals surface area contributed by atoms with Crippen LogP contribution in [0, 0.1) is 0 Å². The monoisotopic (exact) mass is 322 g/mol. The lowest BCUT2D eigenvalue weighted by Gasteiger charge is -2.10. The van der Waals surface area contributed by atoms with Crippen LogP contribution in [0.25, 0.3) is 0 Å². The molecule has 0 radical (unpaired) electrons. The van der Waals surface area contributed by atoms with Crippen molar-refractivity contribution in [2.45, 2.75) is 5.75 Å². The van der Waals surface area contributed by atoms with Gasteiger partial charge in [-0.15, -0.1) is 0 Å². The van der Waals surface area contributed by atoms with Crippen molar-refractivity contribution in [1.82, 2.24) is 0 Å². The van der Waals surface area contributed by atoms with Crippen molar-refractivity contribution < 1.29 is 13.2 Å². The van der Waals surface area contributed by atoms with Crippen LogP contribution in [0.5, 0.6) is 11.5 Å². The molecule has 0 bridgehead atoms. The van der Waals surface area contributed by atoms with Gasteiger partial charge in [-0.2, -0.15) is 11.8 Å². The Labute approximate surface area is 130 Å². The summed E-state index contributed by atoms with van der Waals surface area (Å²) in [6.07, 6.45) is 1.26. The highest BCUT2D eigenvalue weighted by Crippen LogP contribution is 2.27. The summed E-state index contributed by atoms with van der Waals surface area (Å²) in [4.78, 5) is 0. The first-order chi connectivity index (χ1) is 10.0. The van der Waals surface area contributed by atoms with Gasteiger partial charge in [-0.25, -0.2) is 8.42 Å². The third-order valence-corrected chi connectivity index (χ3v) is 5.01. The SMILES string of the molecule is CS(=O)(=O)CCSCc1ccccc1Oc1ccccc1. The van der Waals surface area contributed by atoms with E-state index in [1.165, 1.54) is 6.26 Å². The average molecular weight is 322 g/mol. The van der Waals surface area contributed by atoms with Gasteiger partial charge in [-0.1, -0.05) is 36.4 Å². The third kappa shape index (κ3) is 5.81. The normalized spacial score (nSPS) is 11.3. The van der Waals surface area contributed by atoms with Crippen LogP contribution in [-0.4, -0.2) is 26.2 Å². The van der Waals surface area contributed by atoms with E-state index in [-0.39, 0.29) is 5.75 Å². The van der Waals surface area contributed by atoms with Crippen LogP contribution in [0.1, 0.15) is 5.56 Å². The minimum atomic E-state index is -2.89. The maximum absolute atomic E-state index is 11.1. The van der Waals surface area contributed by atoms with E-state index in [1.54, 1.807) is 11.8 Å². The Bertz CT molecular complexity index is 667. The Morgan fingerprint density at radius 1 is 1.00 bits per heavy atom. The second-order valence-electron chi connectivity index (χ2n) is 4.71. The lowest BCUT2D eigenvalue weighted by atomic mass is 10.2. The molecule has 2 aromatic carbocycles. The molecule has 0 heterocycles. The molecule has 0 spiro atoms. The van der Waals surface area contributed by atoms with Gasteiger partial charge in [0.05, 0.1) is 5.75 Å². The van der Waals surface area contributed by atoms with Gasteiger partial charge in [0, 0.05) is 23.3 Å². The lowest BCUT2D eigenvalue weighted by molar-refractivity contribution is 0.478. The molecule has 0 fully saturated rings. The summed E-state index contributed by atoms with van der Waals surface area (Å²) in [6.45, 7) is 0. The van der Waals surface area contributed by atoms with E-state index in [4.69, 9.17) is 4.74 Å². The van der Waals surface area contributed by atoms with Crippen molar-refractivity contribution in [2.24, 2.45) is 0 Å². The maximum Gasteiger partial charge on any atom is 0.148 e. The summed E-state index contributed by atoms with van der Waals surface area (Å²) in [5.41, 5.74) is 1.07. The molecule has 0 atom stereocenters. The summed E-state index contributed by atoms with van der Waals surface area (Å²) < 4.78 is 28.1. The first kappa shape index (κ1) is 15.9. The van der Waals surface area contributed by atoms with Crippen molar-refractivity contribution in [3.63, 3.8) is 0 Å². The van der Waals surface area contributed by atoms with Crippen LogP contribution in [0.4, 0.5) is 0 Å². The van der Waals surface area contributed by atoms with Crippen LogP contribution in [0.3, 0.4) is 0 Å². The van der Waals surface area contributed by atoms with Crippen LogP contribution in [0.2, 0.25) is 0 Å². The fourth-order valence-electron chi connectivity index (χ4n) is 1.73. The molecular weight excluding hydrogens is 304 g/mol. The van der Waals surface area contributed by atoms with E-state index >= 15 is 0 Å². The van der Waals surface area contributed by atoms with Gasteiger partial charge in [-0.05, 0) is 18.2 Å². The Balaban J connectivity index is 1.97. The molecule has 0 aromatic heterocycles. The van der Waals surface area contributed by atoms with Gasteiger partial charge in [0.15, 0.2) is 0 Å². The summed E-state index contributed by atoms with van der Waals surface area (Å²) in [6, 6.07) is 17.5. The quantitative estimate of drug-likeness (QED) is 0.728. The second kappa shape index (κ2) is 7.52. The largest absolute Gasteiger partial charge is 0.457 e. The minimum Gasteiger partial charge on any atom is -0.457 e. The van der Waals surface area contributed by atoms with E-state index in [0.717, 1.165) is 22.8 Å². The average Bonchev–Trinajstić information content (AvgIpc) is 2.45. The zero-order valence-electron chi connectivity index (χ0n) is 11.9. The van der Waals surface area contributed by atoms with Gasteiger partial charge in [0.2, 0.25) is 0 Å². The van der Waals surface area contributed by atoms with Crippen molar-refractivity contribution in [3.8, 4) is 11.5 Å². The van der Waals surface area contributed by atoms with Crippen LogP contribution >= 0.6 is 11.8 Å². The number of thioether (sulfide) groups is 1. The zero-order chi connectivity index (χ0) is 15.1. The number of rotatable bonds is 7. The van der Waals surface area contributed by atoms with Crippen molar-refractivity contribution in [1.29, 1.82) is 0 Å². The molecule has 2 aromatic rings. The molecule has 5 heteroatoms. The highest BCUT2D eigenvalue weighted by molar-refractivity contribution is 7.99. The highest BCUT2D eigenvalue weighted by Gasteiger charge is 2.06. The Morgan fingerprint density at radius 3 is 2.38 bits per heavy atom. The molecule has 0 aliphatic heterocycles. The van der Waals surface area contributed by atoms with Gasteiger partial charge < -0.3 is 4.74 Å². The van der Waals surface area contributed by atoms with Crippen LogP contribution in [0.15, 0.2) is 54.6 Å². The predicted octanol–water partition coefficient (Wildman–Crippen LogP) is 3.76. The van der Waals surface area contributed by atoms with E-state index in [1.807, 2.05) is 54.6 Å². The zero-order valence-corrected chi connectivity index (χ0v) is 13.5. The fraction of sp³-hybridized carbons (Fsp3) is 0.250. The number of para-hydroxylation sites is 2. The van der Waals surface area contributed by atoms with Gasteiger partial charge in [-0.3, -0.25) is 0 Å². The maximum atomic E-state index is 11.1. The van der Waals surface area contributed by atoms with E-state index < -0.39 is 9.84 Å². The number of hydrogen-bond acceptors (Lipinski definition) is 4. The molecule has 0 aliphatic carbocycles. The van der Waals surface area contributed by atoms with Crippen LogP contribution < -0.4 is 4.74 Å². The first-order valence-corrected chi connectivity index (χ1v) is 9.82. The fourth-order valence-corrected chi connectivity index (χ4v) is 4.02. The molecule has 0 N–H and O–H groups in total. The molecule has 0 aliphatic rings. The molecule has 0 unspecified atom stereocenters. The number of ether oxygens (including phenoxy) is 1. The van der Waals surface area contributed by atoms with E-state index in [2.05, 4.69) is 0 Å². The van der Waals surface area contributed by atoms with E-state index in [0.29, 0.717) is 5.75 Å². The van der Waals surface area contributed by atoms with Gasteiger partial charge in [0.1, 0.15) is 21.3 Å². The minimum absolute atomic E-state index is 0.208. The number of benzene rings is 2. The van der Waals surface area contributed by atoms with E-state index in [9.17, 15) is 8.42 Å². The molecule has 3 nitrogen and oxygen atoms in total. The smallest absolute Gasteiger partial charge is 0.148 e. The summed E-state index contributed by atoms with van der Waals surface area (Å²) in [5, 5.41) is 0. The Hall–Kier alpha value is -1.46. The number of hydrogen-bond donors (Lipinski definition) is 0.